The van der Waals surface area contributed by atoms with E-state index in [2.05, 4.69) is 27.5 Å². The van der Waals surface area contributed by atoms with Crippen LogP contribution < -0.4 is 10.6 Å². The van der Waals surface area contributed by atoms with Gasteiger partial charge in [-0.2, -0.15) is 4.98 Å². The maximum atomic E-state index is 4.55. The number of fused-ring (bicyclic) bond motifs is 1. The molecule has 2 aromatic carbocycles. The standard InChI is InChI=1S/C16H16N4/c1-2-17-15-13-10-6-7-11-14(13)19-16(20-15)18-12-8-4-3-5-9-12/h3-11H,2H2,1H3,(H2,17,18,19,20). The smallest absolute Gasteiger partial charge is 0.229 e. The van der Waals surface area contributed by atoms with Gasteiger partial charge in [-0.15, -0.1) is 0 Å². The SMILES string of the molecule is CCNc1nc(Nc2ccccc2)nc2ccccc12. The molecular formula is C16H16N4. The van der Waals surface area contributed by atoms with Crippen LogP contribution in [0.3, 0.4) is 0 Å². The third-order valence-electron chi connectivity index (χ3n) is 2.98. The van der Waals surface area contributed by atoms with E-state index in [9.17, 15) is 0 Å². The molecule has 100 valence electrons. The predicted octanol–water partition coefficient (Wildman–Crippen LogP) is 3.81. The van der Waals surface area contributed by atoms with Crippen LogP contribution in [0.4, 0.5) is 17.5 Å². The minimum absolute atomic E-state index is 0.603. The van der Waals surface area contributed by atoms with Gasteiger partial charge in [-0.05, 0) is 31.2 Å². The molecule has 0 aliphatic heterocycles. The summed E-state index contributed by atoms with van der Waals surface area (Å²) in [5.74, 6) is 1.46. The lowest BCUT2D eigenvalue weighted by Gasteiger charge is -2.10. The van der Waals surface area contributed by atoms with Crippen molar-refractivity contribution in [3.05, 3.63) is 54.6 Å². The van der Waals surface area contributed by atoms with Gasteiger partial charge in [0.05, 0.1) is 5.52 Å². The second-order valence-corrected chi connectivity index (χ2v) is 4.43. The summed E-state index contributed by atoms with van der Waals surface area (Å²) in [5, 5.41) is 7.55. The van der Waals surface area contributed by atoms with Crippen molar-refractivity contribution in [2.24, 2.45) is 0 Å². The first kappa shape index (κ1) is 12.4. The largest absolute Gasteiger partial charge is 0.370 e. The normalized spacial score (nSPS) is 10.4. The molecule has 0 amide bonds. The first-order chi connectivity index (χ1) is 9.86. The molecule has 0 fully saturated rings. The van der Waals surface area contributed by atoms with E-state index in [1.54, 1.807) is 0 Å². The zero-order valence-corrected chi connectivity index (χ0v) is 11.3. The average molecular weight is 264 g/mol. The molecule has 0 aliphatic rings. The second kappa shape index (κ2) is 5.57. The lowest BCUT2D eigenvalue weighted by Crippen LogP contribution is -2.04. The molecule has 4 nitrogen and oxygen atoms in total. The Kier molecular flexibility index (Phi) is 3.46. The Balaban J connectivity index is 2.03. The summed E-state index contributed by atoms with van der Waals surface area (Å²) >= 11 is 0. The lowest BCUT2D eigenvalue weighted by atomic mass is 10.2. The summed E-state index contributed by atoms with van der Waals surface area (Å²) in [6.07, 6.45) is 0. The van der Waals surface area contributed by atoms with Gasteiger partial charge in [-0.25, -0.2) is 4.98 Å². The quantitative estimate of drug-likeness (QED) is 0.752. The van der Waals surface area contributed by atoms with Gasteiger partial charge in [0.2, 0.25) is 5.95 Å². The fourth-order valence-electron chi connectivity index (χ4n) is 2.09. The lowest BCUT2D eigenvalue weighted by molar-refractivity contribution is 1.14. The van der Waals surface area contributed by atoms with Crippen LogP contribution >= 0.6 is 0 Å². The van der Waals surface area contributed by atoms with Crippen LogP contribution in [0.5, 0.6) is 0 Å². The van der Waals surface area contributed by atoms with Gasteiger partial charge in [-0.1, -0.05) is 30.3 Å². The zero-order chi connectivity index (χ0) is 13.8. The number of aromatic nitrogens is 2. The molecule has 0 radical (unpaired) electrons. The van der Waals surface area contributed by atoms with Crippen molar-refractivity contribution < 1.29 is 0 Å². The van der Waals surface area contributed by atoms with Crippen molar-refractivity contribution in [2.45, 2.75) is 6.92 Å². The Morgan fingerprint density at radius 3 is 2.45 bits per heavy atom. The van der Waals surface area contributed by atoms with Gasteiger partial charge in [0.1, 0.15) is 5.82 Å². The molecule has 0 saturated heterocycles. The fourth-order valence-corrected chi connectivity index (χ4v) is 2.09. The number of hydrogen-bond donors (Lipinski definition) is 2. The van der Waals surface area contributed by atoms with Crippen LogP contribution in [0, 0.1) is 0 Å². The van der Waals surface area contributed by atoms with E-state index in [1.165, 1.54) is 0 Å². The molecule has 0 aliphatic carbocycles. The van der Waals surface area contributed by atoms with Crippen molar-refractivity contribution in [1.82, 2.24) is 9.97 Å². The van der Waals surface area contributed by atoms with E-state index in [1.807, 2.05) is 54.6 Å². The Bertz CT molecular complexity index is 710. The van der Waals surface area contributed by atoms with E-state index < -0.39 is 0 Å². The van der Waals surface area contributed by atoms with E-state index in [0.29, 0.717) is 5.95 Å². The monoisotopic (exact) mass is 264 g/mol. The van der Waals surface area contributed by atoms with E-state index >= 15 is 0 Å². The average Bonchev–Trinajstić information content (AvgIpc) is 2.49. The number of para-hydroxylation sites is 2. The molecule has 20 heavy (non-hydrogen) atoms. The molecule has 3 rings (SSSR count). The van der Waals surface area contributed by atoms with Gasteiger partial charge >= 0.3 is 0 Å². The Morgan fingerprint density at radius 2 is 1.65 bits per heavy atom. The summed E-state index contributed by atoms with van der Waals surface area (Å²) in [7, 11) is 0. The molecule has 0 spiro atoms. The Morgan fingerprint density at radius 1 is 0.900 bits per heavy atom. The molecule has 0 bridgehead atoms. The van der Waals surface area contributed by atoms with Crippen LogP contribution in [0.1, 0.15) is 6.92 Å². The molecule has 1 aromatic heterocycles. The van der Waals surface area contributed by atoms with E-state index in [0.717, 1.165) is 29.0 Å². The summed E-state index contributed by atoms with van der Waals surface area (Å²) in [6.45, 7) is 2.88. The highest BCUT2D eigenvalue weighted by Crippen LogP contribution is 2.23. The van der Waals surface area contributed by atoms with Gasteiger partial charge in [0.25, 0.3) is 0 Å². The van der Waals surface area contributed by atoms with Crippen LogP contribution in [0.25, 0.3) is 10.9 Å². The van der Waals surface area contributed by atoms with Crippen molar-refractivity contribution in [3.8, 4) is 0 Å². The van der Waals surface area contributed by atoms with Crippen molar-refractivity contribution in [1.29, 1.82) is 0 Å². The zero-order valence-electron chi connectivity index (χ0n) is 11.3. The molecular weight excluding hydrogens is 248 g/mol. The molecule has 1 heterocycles. The minimum atomic E-state index is 0.603. The highest BCUT2D eigenvalue weighted by atomic mass is 15.1. The first-order valence-corrected chi connectivity index (χ1v) is 6.69. The summed E-state index contributed by atoms with van der Waals surface area (Å²) in [4.78, 5) is 9.10. The minimum Gasteiger partial charge on any atom is -0.370 e. The van der Waals surface area contributed by atoms with Crippen molar-refractivity contribution >= 4 is 28.4 Å². The van der Waals surface area contributed by atoms with Gasteiger partial charge < -0.3 is 10.6 Å². The number of rotatable bonds is 4. The van der Waals surface area contributed by atoms with Crippen molar-refractivity contribution in [2.75, 3.05) is 17.2 Å². The number of nitrogens with one attached hydrogen (secondary N) is 2. The van der Waals surface area contributed by atoms with Gasteiger partial charge in [0.15, 0.2) is 0 Å². The van der Waals surface area contributed by atoms with Crippen LogP contribution in [0.2, 0.25) is 0 Å². The maximum Gasteiger partial charge on any atom is 0.229 e. The van der Waals surface area contributed by atoms with Crippen molar-refractivity contribution in [3.63, 3.8) is 0 Å². The third-order valence-corrected chi connectivity index (χ3v) is 2.98. The summed E-state index contributed by atoms with van der Waals surface area (Å²) in [6, 6.07) is 17.9. The fraction of sp³-hybridized carbons (Fsp3) is 0.125. The van der Waals surface area contributed by atoms with Gasteiger partial charge in [0, 0.05) is 17.6 Å². The molecule has 3 aromatic rings. The number of anilines is 3. The molecule has 0 atom stereocenters. The van der Waals surface area contributed by atoms with E-state index in [4.69, 9.17) is 0 Å². The van der Waals surface area contributed by atoms with Crippen LogP contribution in [-0.2, 0) is 0 Å². The molecule has 0 saturated carbocycles. The van der Waals surface area contributed by atoms with E-state index in [-0.39, 0.29) is 0 Å². The number of nitrogens with zero attached hydrogens (tertiary/aromatic N) is 2. The Hall–Kier alpha value is -2.62. The maximum absolute atomic E-state index is 4.55. The number of benzene rings is 2. The molecule has 2 N–H and O–H groups in total. The summed E-state index contributed by atoms with van der Waals surface area (Å²) in [5.41, 5.74) is 1.90. The third kappa shape index (κ3) is 2.54. The highest BCUT2D eigenvalue weighted by Gasteiger charge is 2.06. The molecule has 0 unspecified atom stereocenters. The first-order valence-electron chi connectivity index (χ1n) is 6.69. The predicted molar refractivity (Wildman–Crippen MR) is 83.4 cm³/mol. The second-order valence-electron chi connectivity index (χ2n) is 4.43. The highest BCUT2D eigenvalue weighted by molar-refractivity contribution is 5.90. The van der Waals surface area contributed by atoms with Crippen LogP contribution in [-0.4, -0.2) is 16.5 Å². The van der Waals surface area contributed by atoms with Crippen LogP contribution in [0.15, 0.2) is 54.6 Å². The summed E-state index contributed by atoms with van der Waals surface area (Å²) < 4.78 is 0. The van der Waals surface area contributed by atoms with Gasteiger partial charge in [-0.3, -0.25) is 0 Å². The Labute approximate surface area is 117 Å². The number of hydrogen-bond acceptors (Lipinski definition) is 4. The molecule has 4 heteroatoms. The topological polar surface area (TPSA) is 49.8 Å².